The molecule has 0 aliphatic heterocycles. The average molecular weight is 511 g/mol. The summed E-state index contributed by atoms with van der Waals surface area (Å²) in [5.74, 6) is -5.93. The summed E-state index contributed by atoms with van der Waals surface area (Å²) in [5, 5.41) is 44.4. The third-order valence-electron chi connectivity index (χ3n) is 5.63. The van der Waals surface area contributed by atoms with Gasteiger partial charge < -0.3 is 42.1 Å². The molecule has 0 fully saturated rings. The number of phenols is 1. The quantitative estimate of drug-likeness (QED) is 0.147. The molecule has 9 N–H and O–H groups in total. The van der Waals surface area contributed by atoms with Crippen molar-refractivity contribution in [1.82, 2.24) is 16.0 Å². The van der Waals surface area contributed by atoms with Gasteiger partial charge in [0.1, 0.15) is 17.8 Å². The maximum Gasteiger partial charge on any atom is 0.328 e. The van der Waals surface area contributed by atoms with Crippen molar-refractivity contribution in [2.45, 2.75) is 70.3 Å². The highest BCUT2D eigenvalue weighted by atomic mass is 16.4. The van der Waals surface area contributed by atoms with E-state index in [0.717, 1.165) is 6.92 Å². The Balaban J connectivity index is 3.18. The molecule has 0 heterocycles. The summed E-state index contributed by atoms with van der Waals surface area (Å²) in [6.07, 6.45) is -1.88. The molecule has 0 aromatic heterocycles. The van der Waals surface area contributed by atoms with Crippen LogP contribution in [0.5, 0.6) is 5.75 Å². The minimum atomic E-state index is -1.68. The maximum atomic E-state index is 13.0. The largest absolute Gasteiger partial charge is 0.508 e. The summed E-state index contributed by atoms with van der Waals surface area (Å²) in [7, 11) is 0. The summed E-state index contributed by atoms with van der Waals surface area (Å²) in [6.45, 7) is 4.69. The van der Waals surface area contributed by atoms with Crippen LogP contribution in [0.1, 0.15) is 39.2 Å². The van der Waals surface area contributed by atoms with E-state index < -0.39 is 66.4 Å². The van der Waals surface area contributed by atoms with E-state index in [2.05, 4.69) is 16.0 Å². The summed E-state index contributed by atoms with van der Waals surface area (Å²) in [6, 6.07) is -0.0691. The predicted octanol–water partition coefficient (Wildman–Crippen LogP) is -1.30. The normalized spacial score (nSPS) is 15.9. The Hall–Kier alpha value is -3.71. The smallest absolute Gasteiger partial charge is 0.328 e. The molecular weight excluding hydrogens is 476 g/mol. The van der Waals surface area contributed by atoms with Crippen LogP contribution in [-0.4, -0.2) is 80.4 Å². The van der Waals surface area contributed by atoms with Crippen molar-refractivity contribution >= 4 is 29.7 Å². The molecule has 200 valence electrons. The van der Waals surface area contributed by atoms with Gasteiger partial charge in [0.25, 0.3) is 0 Å². The van der Waals surface area contributed by atoms with E-state index >= 15 is 0 Å². The Bertz CT molecular complexity index is 936. The second-order valence-corrected chi connectivity index (χ2v) is 8.57. The van der Waals surface area contributed by atoms with Gasteiger partial charge in [-0.2, -0.15) is 0 Å². The molecule has 1 aromatic carbocycles. The van der Waals surface area contributed by atoms with E-state index in [0.29, 0.717) is 12.0 Å². The minimum Gasteiger partial charge on any atom is -0.508 e. The second kappa shape index (κ2) is 14.0. The third kappa shape index (κ3) is 9.50. The number of carbonyl (C=O) groups excluding carboxylic acids is 3. The fourth-order valence-corrected chi connectivity index (χ4v) is 3.16. The van der Waals surface area contributed by atoms with Gasteiger partial charge in [-0.25, -0.2) is 4.79 Å². The van der Waals surface area contributed by atoms with Crippen molar-refractivity contribution in [1.29, 1.82) is 0 Å². The van der Waals surface area contributed by atoms with E-state index in [-0.39, 0.29) is 18.1 Å². The third-order valence-corrected chi connectivity index (χ3v) is 5.63. The number of aliphatic hydroxyl groups excluding tert-OH is 1. The van der Waals surface area contributed by atoms with Crippen molar-refractivity contribution < 1.29 is 44.4 Å². The van der Waals surface area contributed by atoms with Gasteiger partial charge >= 0.3 is 11.9 Å². The number of rotatable bonds is 14. The number of hydrogen-bond donors (Lipinski definition) is 8. The lowest BCUT2D eigenvalue weighted by Gasteiger charge is -2.26. The molecule has 6 unspecified atom stereocenters. The van der Waals surface area contributed by atoms with E-state index in [1.165, 1.54) is 24.3 Å². The van der Waals surface area contributed by atoms with Gasteiger partial charge in [0.05, 0.1) is 18.6 Å². The first-order valence-electron chi connectivity index (χ1n) is 11.3. The fraction of sp³-hybridized carbons (Fsp3) is 0.522. The minimum absolute atomic E-state index is 0.0503. The predicted molar refractivity (Wildman–Crippen MR) is 127 cm³/mol. The Morgan fingerprint density at radius 2 is 1.42 bits per heavy atom. The summed E-state index contributed by atoms with van der Waals surface area (Å²) in [5.41, 5.74) is 6.34. The number of nitrogens with two attached hydrogens (primary N) is 1. The molecule has 1 aromatic rings. The Kier molecular flexibility index (Phi) is 11.8. The van der Waals surface area contributed by atoms with Crippen LogP contribution < -0.4 is 21.7 Å². The van der Waals surface area contributed by atoms with E-state index in [1.54, 1.807) is 6.92 Å². The molecule has 13 heteroatoms. The lowest BCUT2D eigenvalue weighted by atomic mass is 9.98. The van der Waals surface area contributed by atoms with Crippen molar-refractivity contribution in [2.75, 3.05) is 0 Å². The van der Waals surface area contributed by atoms with Crippen LogP contribution in [0.15, 0.2) is 24.3 Å². The van der Waals surface area contributed by atoms with Crippen LogP contribution >= 0.6 is 0 Å². The van der Waals surface area contributed by atoms with E-state index in [9.17, 15) is 44.4 Å². The SMILES string of the molecule is CCC(C)C(N)C(=O)NC(CC(=O)O)C(=O)NC(Cc1ccc(O)cc1)C(=O)NC(C(=O)O)C(C)O. The van der Waals surface area contributed by atoms with Crippen molar-refractivity contribution in [2.24, 2.45) is 11.7 Å². The van der Waals surface area contributed by atoms with Crippen LogP contribution in [0.25, 0.3) is 0 Å². The molecule has 13 nitrogen and oxygen atoms in total. The molecule has 0 bridgehead atoms. The Labute approximate surface area is 208 Å². The van der Waals surface area contributed by atoms with Gasteiger partial charge in [0.2, 0.25) is 17.7 Å². The van der Waals surface area contributed by atoms with Gasteiger partial charge in [-0.3, -0.25) is 19.2 Å². The standard InChI is InChI=1S/C23H34N4O9/c1-4-11(2)18(24)22(34)26-16(10-17(30)31)20(32)25-15(9-13-5-7-14(29)8-6-13)21(33)27-19(12(3)28)23(35)36/h5-8,11-12,15-16,18-19,28-29H,4,9-10,24H2,1-3H3,(H,25,32)(H,26,34)(H,27,33)(H,30,31)(H,35,36). The van der Waals surface area contributed by atoms with E-state index in [4.69, 9.17) is 5.73 Å². The number of hydrogen-bond acceptors (Lipinski definition) is 8. The number of carboxylic acid groups (broad SMARTS) is 2. The van der Waals surface area contributed by atoms with Gasteiger partial charge in [-0.1, -0.05) is 32.4 Å². The lowest BCUT2D eigenvalue weighted by molar-refractivity contribution is -0.145. The molecule has 0 saturated carbocycles. The second-order valence-electron chi connectivity index (χ2n) is 8.57. The molecular formula is C23H34N4O9. The Morgan fingerprint density at radius 1 is 0.889 bits per heavy atom. The number of carbonyl (C=O) groups is 5. The Morgan fingerprint density at radius 3 is 1.89 bits per heavy atom. The molecule has 6 atom stereocenters. The fourth-order valence-electron chi connectivity index (χ4n) is 3.16. The molecule has 36 heavy (non-hydrogen) atoms. The average Bonchev–Trinajstić information content (AvgIpc) is 2.80. The zero-order valence-electron chi connectivity index (χ0n) is 20.3. The molecule has 0 radical (unpaired) electrons. The maximum absolute atomic E-state index is 13.0. The number of aromatic hydroxyl groups is 1. The van der Waals surface area contributed by atoms with Crippen molar-refractivity contribution in [3.63, 3.8) is 0 Å². The number of aliphatic hydroxyl groups is 1. The topological polar surface area (TPSA) is 228 Å². The number of benzene rings is 1. The van der Waals surface area contributed by atoms with E-state index in [1.807, 2.05) is 6.92 Å². The molecule has 0 aliphatic rings. The molecule has 0 aliphatic carbocycles. The monoisotopic (exact) mass is 510 g/mol. The molecule has 1 rings (SSSR count). The van der Waals surface area contributed by atoms with Crippen molar-refractivity contribution in [3.8, 4) is 5.75 Å². The van der Waals surface area contributed by atoms with Crippen LogP contribution in [0.3, 0.4) is 0 Å². The zero-order valence-corrected chi connectivity index (χ0v) is 20.3. The highest BCUT2D eigenvalue weighted by Gasteiger charge is 2.33. The number of phenolic OH excluding ortho intramolecular Hbond substituents is 1. The van der Waals surface area contributed by atoms with Crippen LogP contribution in [0, 0.1) is 5.92 Å². The summed E-state index contributed by atoms with van der Waals surface area (Å²) >= 11 is 0. The highest BCUT2D eigenvalue weighted by molar-refractivity contribution is 5.95. The molecule has 0 spiro atoms. The zero-order chi connectivity index (χ0) is 27.6. The van der Waals surface area contributed by atoms with Crippen LogP contribution in [0.4, 0.5) is 0 Å². The van der Waals surface area contributed by atoms with Crippen LogP contribution in [0.2, 0.25) is 0 Å². The number of nitrogens with one attached hydrogen (secondary N) is 3. The first kappa shape index (κ1) is 30.3. The van der Waals surface area contributed by atoms with Gasteiger partial charge in [-0.05, 0) is 30.5 Å². The first-order chi connectivity index (χ1) is 16.8. The summed E-state index contributed by atoms with van der Waals surface area (Å²) < 4.78 is 0. The number of carboxylic acids is 2. The lowest BCUT2D eigenvalue weighted by Crippen LogP contribution is -2.59. The van der Waals surface area contributed by atoms with Gasteiger partial charge in [-0.15, -0.1) is 0 Å². The van der Waals surface area contributed by atoms with Gasteiger partial charge in [0.15, 0.2) is 6.04 Å². The first-order valence-corrected chi connectivity index (χ1v) is 11.3. The molecule has 3 amide bonds. The number of aliphatic carboxylic acids is 2. The summed E-state index contributed by atoms with van der Waals surface area (Å²) in [4.78, 5) is 61.1. The highest BCUT2D eigenvalue weighted by Crippen LogP contribution is 2.12. The number of amides is 3. The van der Waals surface area contributed by atoms with Gasteiger partial charge in [0, 0.05) is 6.42 Å². The molecule has 0 saturated heterocycles. The van der Waals surface area contributed by atoms with Crippen molar-refractivity contribution in [3.05, 3.63) is 29.8 Å². The van der Waals surface area contributed by atoms with Crippen LogP contribution in [-0.2, 0) is 30.4 Å².